The summed E-state index contributed by atoms with van der Waals surface area (Å²) in [4.78, 5) is 25.3. The van der Waals surface area contributed by atoms with Gasteiger partial charge >= 0.3 is 5.97 Å². The van der Waals surface area contributed by atoms with Crippen LogP contribution < -0.4 is 10.7 Å². The molecule has 2 heterocycles. The summed E-state index contributed by atoms with van der Waals surface area (Å²) in [6.07, 6.45) is 0. The molecule has 0 bridgehead atoms. The first-order valence-corrected chi connectivity index (χ1v) is 12.0. The van der Waals surface area contributed by atoms with Crippen LogP contribution in [0.3, 0.4) is 0 Å². The Morgan fingerprint density at radius 1 is 0.971 bits per heavy atom. The molecule has 3 aromatic carbocycles. The number of rotatable bonds is 6. The van der Waals surface area contributed by atoms with Gasteiger partial charge in [0.25, 0.3) is 0 Å². The fourth-order valence-corrected chi connectivity index (χ4v) is 5.01. The van der Waals surface area contributed by atoms with E-state index in [0.717, 1.165) is 16.7 Å². The number of aromatic nitrogens is 3. The number of fused-ring (bicyclic) bond motifs is 1. The minimum Gasteiger partial charge on any atom is -0.465 e. The molecule has 0 saturated carbocycles. The Morgan fingerprint density at radius 2 is 1.66 bits per heavy atom. The minimum atomic E-state index is -0.511. The molecule has 35 heavy (non-hydrogen) atoms. The van der Waals surface area contributed by atoms with Crippen LogP contribution in [-0.4, -0.2) is 39.1 Å². The van der Waals surface area contributed by atoms with Crippen LogP contribution in [0.1, 0.15) is 27.5 Å². The maximum Gasteiger partial charge on any atom is 0.337 e. The number of methoxy groups -OCH3 is 1. The fraction of sp³-hybridized carbons (Fsp3) is 0.154. The van der Waals surface area contributed by atoms with Gasteiger partial charge in [-0.2, -0.15) is 0 Å². The Morgan fingerprint density at radius 3 is 2.34 bits per heavy atom. The summed E-state index contributed by atoms with van der Waals surface area (Å²) in [5.74, 6) is 0.128. The van der Waals surface area contributed by atoms with Gasteiger partial charge in [0.05, 0.1) is 18.7 Å². The lowest BCUT2D eigenvalue weighted by Crippen LogP contribution is -2.43. The number of benzene rings is 3. The number of nitrogens with zero attached hydrogens (tertiary/aromatic N) is 3. The molecule has 0 fully saturated rings. The third-order valence-electron chi connectivity index (χ3n) is 5.73. The third-order valence-corrected chi connectivity index (χ3v) is 6.94. The molecular weight excluding hydrogens is 462 g/mol. The van der Waals surface area contributed by atoms with Crippen molar-refractivity contribution in [3.05, 3.63) is 102 Å². The van der Waals surface area contributed by atoms with Gasteiger partial charge in [-0.05, 0) is 23.3 Å². The number of nitrogens with one attached hydrogen (secondary N) is 2. The van der Waals surface area contributed by atoms with Crippen LogP contribution in [0, 0.1) is 0 Å². The Kier molecular flexibility index (Phi) is 6.49. The number of esters is 1. The predicted octanol–water partition coefficient (Wildman–Crippen LogP) is 3.81. The van der Waals surface area contributed by atoms with Crippen molar-refractivity contribution in [1.82, 2.24) is 20.2 Å². The number of amides is 1. The van der Waals surface area contributed by atoms with Gasteiger partial charge in [0.1, 0.15) is 5.25 Å². The molecule has 0 saturated heterocycles. The Hall–Kier alpha value is -4.11. The van der Waals surface area contributed by atoms with E-state index in [1.54, 1.807) is 12.1 Å². The number of carbonyl (C=O) groups excluding carboxylic acids is 2. The first kappa shape index (κ1) is 22.7. The molecule has 8 nitrogen and oxygen atoms in total. The van der Waals surface area contributed by atoms with Crippen molar-refractivity contribution in [1.29, 1.82) is 0 Å². The van der Waals surface area contributed by atoms with Gasteiger partial charge in [0.15, 0.2) is 5.82 Å². The lowest BCUT2D eigenvalue weighted by atomic mass is 10.0. The molecule has 1 aliphatic heterocycles. The molecule has 2 unspecified atom stereocenters. The molecule has 1 aromatic heterocycles. The van der Waals surface area contributed by atoms with E-state index < -0.39 is 17.3 Å². The van der Waals surface area contributed by atoms with E-state index in [-0.39, 0.29) is 5.91 Å². The molecule has 2 atom stereocenters. The molecule has 0 radical (unpaired) electrons. The smallest absolute Gasteiger partial charge is 0.337 e. The fourth-order valence-electron chi connectivity index (χ4n) is 3.91. The van der Waals surface area contributed by atoms with Crippen molar-refractivity contribution in [2.45, 2.75) is 23.0 Å². The van der Waals surface area contributed by atoms with Gasteiger partial charge in [-0.15, -0.1) is 10.2 Å². The molecule has 4 aromatic rings. The highest BCUT2D eigenvalue weighted by Crippen LogP contribution is 2.38. The van der Waals surface area contributed by atoms with Crippen LogP contribution in [0.15, 0.2) is 90.1 Å². The SMILES string of the molecule is COC(=O)c1ccc(C2Nn3c(nnc3-c3ccccc3)SC2C(=O)NCc2ccccc2)cc1. The van der Waals surface area contributed by atoms with Crippen molar-refractivity contribution in [3.63, 3.8) is 0 Å². The highest BCUT2D eigenvalue weighted by molar-refractivity contribution is 8.00. The summed E-state index contributed by atoms with van der Waals surface area (Å²) < 4.78 is 6.63. The molecule has 5 rings (SSSR count). The van der Waals surface area contributed by atoms with Crippen molar-refractivity contribution in [2.75, 3.05) is 12.5 Å². The molecule has 176 valence electrons. The Bertz CT molecular complexity index is 1330. The van der Waals surface area contributed by atoms with E-state index in [0.29, 0.717) is 23.1 Å². The quantitative estimate of drug-likeness (QED) is 0.401. The van der Waals surface area contributed by atoms with Gasteiger partial charge < -0.3 is 15.5 Å². The Labute approximate surface area is 206 Å². The average Bonchev–Trinajstić information content (AvgIpc) is 3.35. The largest absolute Gasteiger partial charge is 0.465 e. The summed E-state index contributed by atoms with van der Waals surface area (Å²) >= 11 is 1.36. The zero-order valence-corrected chi connectivity index (χ0v) is 19.7. The first-order valence-electron chi connectivity index (χ1n) is 11.1. The molecule has 0 spiro atoms. The van der Waals surface area contributed by atoms with Gasteiger partial charge in [0.2, 0.25) is 11.1 Å². The second-order valence-corrected chi connectivity index (χ2v) is 9.08. The lowest BCUT2D eigenvalue weighted by molar-refractivity contribution is -0.121. The zero-order chi connectivity index (χ0) is 24.2. The maximum atomic E-state index is 13.4. The summed E-state index contributed by atoms with van der Waals surface area (Å²) in [5, 5.41) is 11.8. The Balaban J connectivity index is 1.46. The summed E-state index contributed by atoms with van der Waals surface area (Å²) in [6.45, 7) is 0.423. The maximum absolute atomic E-state index is 13.4. The molecule has 0 aliphatic carbocycles. The van der Waals surface area contributed by atoms with Crippen molar-refractivity contribution < 1.29 is 14.3 Å². The number of carbonyl (C=O) groups is 2. The summed E-state index contributed by atoms with van der Waals surface area (Å²) in [7, 11) is 1.35. The van der Waals surface area contributed by atoms with Crippen LogP contribution in [0.4, 0.5) is 0 Å². The van der Waals surface area contributed by atoms with Crippen molar-refractivity contribution >= 4 is 23.6 Å². The van der Waals surface area contributed by atoms with Crippen LogP contribution >= 0.6 is 11.8 Å². The molecular formula is C26H23N5O3S. The highest BCUT2D eigenvalue weighted by Gasteiger charge is 2.38. The second-order valence-electron chi connectivity index (χ2n) is 7.97. The second kappa shape index (κ2) is 10.0. The predicted molar refractivity (Wildman–Crippen MR) is 133 cm³/mol. The number of thioether (sulfide) groups is 1. The van der Waals surface area contributed by atoms with E-state index in [2.05, 4.69) is 20.9 Å². The van der Waals surface area contributed by atoms with Gasteiger partial charge in [-0.3, -0.25) is 4.79 Å². The van der Waals surface area contributed by atoms with Crippen LogP contribution in [-0.2, 0) is 16.1 Å². The first-order chi connectivity index (χ1) is 17.1. The molecule has 2 N–H and O–H groups in total. The number of hydrogen-bond acceptors (Lipinski definition) is 7. The normalized spacial score (nSPS) is 16.6. The summed E-state index contributed by atoms with van der Waals surface area (Å²) in [6, 6.07) is 26.2. The zero-order valence-electron chi connectivity index (χ0n) is 18.9. The third kappa shape index (κ3) is 4.76. The van der Waals surface area contributed by atoms with Gasteiger partial charge in [-0.1, -0.05) is 84.6 Å². The van der Waals surface area contributed by atoms with E-state index in [1.807, 2.05) is 77.5 Å². The number of ether oxygens (including phenoxy) is 1. The minimum absolute atomic E-state index is 0.121. The summed E-state index contributed by atoms with van der Waals surface area (Å²) in [5.41, 5.74) is 6.67. The van der Waals surface area contributed by atoms with Gasteiger partial charge in [-0.25, -0.2) is 9.47 Å². The van der Waals surface area contributed by atoms with E-state index in [4.69, 9.17) is 4.74 Å². The van der Waals surface area contributed by atoms with Crippen LogP contribution in [0.5, 0.6) is 0 Å². The van der Waals surface area contributed by atoms with Crippen LogP contribution in [0.2, 0.25) is 0 Å². The molecule has 1 aliphatic rings. The standard InChI is InChI=1S/C26H23N5O3S/c1-34-25(33)20-14-12-18(13-15-20)21-22(24(32)27-16-17-8-4-2-5-9-17)35-26-29-28-23(31(26)30-21)19-10-6-3-7-11-19/h2-15,21-22,30H,16H2,1H3,(H,27,32). The van der Waals surface area contributed by atoms with Gasteiger partial charge in [0, 0.05) is 12.1 Å². The highest BCUT2D eigenvalue weighted by atomic mass is 32.2. The average molecular weight is 486 g/mol. The number of hydrogen-bond donors (Lipinski definition) is 2. The van der Waals surface area contributed by atoms with E-state index in [9.17, 15) is 9.59 Å². The topological polar surface area (TPSA) is 98.1 Å². The molecule has 9 heteroatoms. The van der Waals surface area contributed by atoms with Crippen molar-refractivity contribution in [3.8, 4) is 11.4 Å². The van der Waals surface area contributed by atoms with Crippen molar-refractivity contribution in [2.24, 2.45) is 0 Å². The van der Waals surface area contributed by atoms with E-state index >= 15 is 0 Å². The lowest BCUT2D eigenvalue weighted by Gasteiger charge is -2.33. The van der Waals surface area contributed by atoms with E-state index in [1.165, 1.54) is 18.9 Å². The molecule has 1 amide bonds. The monoisotopic (exact) mass is 485 g/mol. The van der Waals surface area contributed by atoms with Crippen LogP contribution in [0.25, 0.3) is 11.4 Å².